The van der Waals surface area contributed by atoms with Gasteiger partial charge >= 0.3 is 0 Å². The van der Waals surface area contributed by atoms with E-state index < -0.39 is 0 Å². The van der Waals surface area contributed by atoms with Crippen molar-refractivity contribution in [2.75, 3.05) is 6.61 Å². The van der Waals surface area contributed by atoms with Crippen LogP contribution in [0.3, 0.4) is 0 Å². The zero-order chi connectivity index (χ0) is 10.9. The summed E-state index contributed by atoms with van der Waals surface area (Å²) in [5.41, 5.74) is 1.36. The number of aryl methyl sites for hydroxylation is 1. The molecule has 0 spiro atoms. The minimum atomic E-state index is 0.430. The van der Waals surface area contributed by atoms with Gasteiger partial charge < -0.3 is 4.84 Å². The Hall–Kier alpha value is -1.38. The summed E-state index contributed by atoms with van der Waals surface area (Å²) in [6, 6.07) is 10.4. The molecule has 0 aliphatic rings. The molecule has 1 atom stereocenters. The van der Waals surface area contributed by atoms with E-state index in [9.17, 15) is 4.91 Å². The number of hydrogen-bond acceptors (Lipinski definition) is 3. The number of benzene rings is 1. The summed E-state index contributed by atoms with van der Waals surface area (Å²) in [6.45, 7) is 2.59. The molecular formula is C12H17NO2. The lowest BCUT2D eigenvalue weighted by Gasteiger charge is -2.09. The van der Waals surface area contributed by atoms with Crippen molar-refractivity contribution >= 4 is 0 Å². The van der Waals surface area contributed by atoms with Gasteiger partial charge in [-0.25, -0.2) is 0 Å². The first kappa shape index (κ1) is 11.7. The van der Waals surface area contributed by atoms with Gasteiger partial charge in [-0.3, -0.25) is 0 Å². The summed E-state index contributed by atoms with van der Waals surface area (Å²) in [6.07, 6.45) is 3.08. The predicted molar refractivity (Wildman–Crippen MR) is 60.3 cm³/mol. The molecule has 0 fully saturated rings. The predicted octanol–water partition coefficient (Wildman–Crippen LogP) is 3.34. The minimum Gasteiger partial charge on any atom is -0.364 e. The van der Waals surface area contributed by atoms with E-state index >= 15 is 0 Å². The summed E-state index contributed by atoms with van der Waals surface area (Å²) in [5.74, 6) is 0.562. The largest absolute Gasteiger partial charge is 0.364 e. The van der Waals surface area contributed by atoms with Gasteiger partial charge in [-0.05, 0) is 30.7 Å². The normalized spacial score (nSPS) is 12.1. The van der Waals surface area contributed by atoms with Crippen LogP contribution in [0.5, 0.6) is 0 Å². The van der Waals surface area contributed by atoms with Gasteiger partial charge in [0.2, 0.25) is 0 Å². The molecule has 0 amide bonds. The van der Waals surface area contributed by atoms with E-state index in [1.807, 2.05) is 6.07 Å². The lowest BCUT2D eigenvalue weighted by molar-refractivity contribution is 0.125. The van der Waals surface area contributed by atoms with Crippen molar-refractivity contribution in [1.82, 2.24) is 0 Å². The Morgan fingerprint density at radius 1 is 1.27 bits per heavy atom. The van der Waals surface area contributed by atoms with Gasteiger partial charge in [0.05, 0.1) is 0 Å². The molecule has 0 heterocycles. The van der Waals surface area contributed by atoms with Gasteiger partial charge in [0, 0.05) is 0 Å². The van der Waals surface area contributed by atoms with Gasteiger partial charge in [0.1, 0.15) is 6.61 Å². The Kier molecular flexibility index (Phi) is 5.44. The van der Waals surface area contributed by atoms with Gasteiger partial charge in [-0.2, -0.15) is 0 Å². The van der Waals surface area contributed by atoms with Crippen molar-refractivity contribution in [2.24, 2.45) is 11.3 Å². The first-order valence-electron chi connectivity index (χ1n) is 5.31. The van der Waals surface area contributed by atoms with Crippen molar-refractivity contribution in [1.29, 1.82) is 0 Å². The third kappa shape index (κ3) is 5.15. The van der Waals surface area contributed by atoms with Crippen LogP contribution in [-0.2, 0) is 11.3 Å². The third-order valence-electron chi connectivity index (χ3n) is 2.52. The molecule has 82 valence electrons. The highest BCUT2D eigenvalue weighted by Crippen LogP contribution is 2.12. The molecule has 0 N–H and O–H groups in total. The lowest BCUT2D eigenvalue weighted by atomic mass is 9.99. The number of nitrogens with zero attached hydrogens (tertiary/aromatic N) is 1. The summed E-state index contributed by atoms with van der Waals surface area (Å²) >= 11 is 0. The fraction of sp³-hybridized carbons (Fsp3) is 0.500. The lowest BCUT2D eigenvalue weighted by Crippen LogP contribution is -2.01. The number of hydrogen-bond donors (Lipinski definition) is 0. The molecule has 0 saturated heterocycles. The van der Waals surface area contributed by atoms with Crippen molar-refractivity contribution < 1.29 is 4.84 Å². The van der Waals surface area contributed by atoms with Crippen molar-refractivity contribution in [2.45, 2.75) is 26.2 Å². The SMILES string of the molecule is CC(CCON=O)CCc1ccccc1. The topological polar surface area (TPSA) is 38.7 Å². The average molecular weight is 207 g/mol. The Morgan fingerprint density at radius 2 is 2.00 bits per heavy atom. The minimum absolute atomic E-state index is 0.430. The maximum absolute atomic E-state index is 9.69. The molecule has 1 aromatic rings. The van der Waals surface area contributed by atoms with Crippen LogP contribution in [0, 0.1) is 10.8 Å². The number of rotatable bonds is 7. The van der Waals surface area contributed by atoms with Crippen LogP contribution in [-0.4, -0.2) is 6.61 Å². The molecule has 0 aromatic heterocycles. The molecule has 15 heavy (non-hydrogen) atoms. The van der Waals surface area contributed by atoms with E-state index in [1.54, 1.807) is 0 Å². The average Bonchev–Trinajstić information content (AvgIpc) is 2.28. The molecule has 0 radical (unpaired) electrons. The first-order valence-corrected chi connectivity index (χ1v) is 5.31. The molecule has 0 saturated carbocycles. The van der Waals surface area contributed by atoms with Crippen molar-refractivity contribution in [3.8, 4) is 0 Å². The highest BCUT2D eigenvalue weighted by atomic mass is 16.7. The van der Waals surface area contributed by atoms with E-state index in [0.29, 0.717) is 12.5 Å². The maximum atomic E-state index is 9.69. The second-order valence-electron chi connectivity index (χ2n) is 3.83. The van der Waals surface area contributed by atoms with Crippen molar-refractivity contribution in [3.05, 3.63) is 40.8 Å². The third-order valence-corrected chi connectivity index (χ3v) is 2.52. The summed E-state index contributed by atoms with van der Waals surface area (Å²) in [7, 11) is 0. The van der Waals surface area contributed by atoms with E-state index in [-0.39, 0.29) is 0 Å². The second-order valence-corrected chi connectivity index (χ2v) is 3.83. The van der Waals surface area contributed by atoms with Crippen LogP contribution in [0.15, 0.2) is 35.7 Å². The van der Waals surface area contributed by atoms with Crippen LogP contribution in [0.25, 0.3) is 0 Å². The molecular weight excluding hydrogens is 190 g/mol. The molecule has 1 unspecified atom stereocenters. The fourth-order valence-electron chi connectivity index (χ4n) is 1.49. The highest BCUT2D eigenvalue weighted by molar-refractivity contribution is 5.14. The van der Waals surface area contributed by atoms with E-state index in [2.05, 4.69) is 41.4 Å². The zero-order valence-corrected chi connectivity index (χ0v) is 9.06. The molecule has 0 aliphatic carbocycles. The Bertz CT molecular complexity index is 274. The van der Waals surface area contributed by atoms with E-state index in [1.165, 1.54) is 5.56 Å². The quantitative estimate of drug-likeness (QED) is 0.390. The maximum Gasteiger partial charge on any atom is 0.155 e. The van der Waals surface area contributed by atoms with Crippen LogP contribution < -0.4 is 0 Å². The van der Waals surface area contributed by atoms with Crippen LogP contribution in [0.1, 0.15) is 25.3 Å². The summed E-state index contributed by atoms with van der Waals surface area (Å²) in [4.78, 5) is 14.1. The zero-order valence-electron chi connectivity index (χ0n) is 9.06. The molecule has 0 aliphatic heterocycles. The Morgan fingerprint density at radius 3 is 2.67 bits per heavy atom. The smallest absolute Gasteiger partial charge is 0.155 e. The summed E-state index contributed by atoms with van der Waals surface area (Å²) in [5, 5.41) is 2.38. The Labute approximate surface area is 90.4 Å². The molecule has 1 rings (SSSR count). The van der Waals surface area contributed by atoms with E-state index in [4.69, 9.17) is 0 Å². The molecule has 1 aromatic carbocycles. The fourth-order valence-corrected chi connectivity index (χ4v) is 1.49. The first-order chi connectivity index (χ1) is 7.33. The van der Waals surface area contributed by atoms with E-state index in [0.717, 1.165) is 19.3 Å². The summed E-state index contributed by atoms with van der Waals surface area (Å²) < 4.78 is 0. The standard InChI is InChI=1S/C12H17NO2/c1-11(9-10-15-13-14)7-8-12-5-3-2-4-6-12/h2-6,11H,7-10H2,1H3. The van der Waals surface area contributed by atoms with Gasteiger partial charge in [0.15, 0.2) is 5.34 Å². The van der Waals surface area contributed by atoms with Crippen LogP contribution >= 0.6 is 0 Å². The monoisotopic (exact) mass is 207 g/mol. The van der Waals surface area contributed by atoms with Gasteiger partial charge in [0.25, 0.3) is 0 Å². The molecule has 3 heteroatoms. The van der Waals surface area contributed by atoms with Crippen LogP contribution in [0.2, 0.25) is 0 Å². The second kappa shape index (κ2) is 6.98. The highest BCUT2D eigenvalue weighted by Gasteiger charge is 2.02. The van der Waals surface area contributed by atoms with Crippen molar-refractivity contribution in [3.63, 3.8) is 0 Å². The van der Waals surface area contributed by atoms with Crippen LogP contribution in [0.4, 0.5) is 0 Å². The van der Waals surface area contributed by atoms with Gasteiger partial charge in [-0.1, -0.05) is 37.3 Å². The Balaban J connectivity index is 2.16. The van der Waals surface area contributed by atoms with Gasteiger partial charge in [-0.15, -0.1) is 4.91 Å². The molecule has 3 nitrogen and oxygen atoms in total. The molecule has 0 bridgehead atoms.